The summed E-state index contributed by atoms with van der Waals surface area (Å²) in [6, 6.07) is 1.70. The van der Waals surface area contributed by atoms with E-state index in [0.29, 0.717) is 0 Å². The Hall–Kier alpha value is -1.05. The van der Waals surface area contributed by atoms with Crippen molar-refractivity contribution in [2.75, 3.05) is 13.2 Å². The minimum atomic E-state index is -1.60. The van der Waals surface area contributed by atoms with Crippen molar-refractivity contribution in [1.82, 2.24) is 0 Å². The third kappa shape index (κ3) is 3.49. The Kier molecular flexibility index (Phi) is 5.84. The molecule has 1 heterocycles. The zero-order chi connectivity index (χ0) is 14.6. The van der Waals surface area contributed by atoms with E-state index in [9.17, 15) is 15.3 Å². The molecule has 19 heavy (non-hydrogen) atoms. The smallest absolute Gasteiger partial charge is 0.188 e. The van der Waals surface area contributed by atoms with Gasteiger partial charge in [-0.15, -0.1) is 0 Å². The predicted octanol–water partition coefficient (Wildman–Crippen LogP) is -2.76. The van der Waals surface area contributed by atoms with Gasteiger partial charge in [0.25, 0.3) is 0 Å². The van der Waals surface area contributed by atoms with Crippen LogP contribution >= 0.6 is 0 Å². The molecule has 1 fully saturated rings. The fourth-order valence-corrected chi connectivity index (χ4v) is 1.61. The second-order valence-electron chi connectivity index (χ2n) is 4.16. The molecule has 108 valence electrons. The molecule has 1 aliphatic heterocycles. The molecular weight excluding hydrogens is 258 g/mol. The number of hydrogen-bond acceptors (Lipinski definition) is 8. The normalized spacial score (nSPS) is 36.5. The Balaban J connectivity index is 2.76. The van der Waals surface area contributed by atoms with Crippen LogP contribution in [-0.2, 0) is 9.47 Å². The van der Waals surface area contributed by atoms with Crippen molar-refractivity contribution in [2.24, 2.45) is 0 Å². The summed E-state index contributed by atoms with van der Waals surface area (Å²) >= 11 is 0. The van der Waals surface area contributed by atoms with Gasteiger partial charge in [-0.05, 0) is 5.57 Å². The molecule has 8 nitrogen and oxygen atoms in total. The van der Waals surface area contributed by atoms with Gasteiger partial charge in [0, 0.05) is 0 Å². The van der Waals surface area contributed by atoms with Gasteiger partial charge < -0.3 is 35.0 Å². The lowest BCUT2D eigenvalue weighted by atomic mass is 9.99. The highest BCUT2D eigenvalue weighted by Crippen LogP contribution is 2.23. The van der Waals surface area contributed by atoms with E-state index in [1.807, 2.05) is 0 Å². The van der Waals surface area contributed by atoms with Crippen LogP contribution in [0, 0.1) is 11.3 Å². The maximum Gasteiger partial charge on any atom is 0.188 e. The molecule has 6 atom stereocenters. The van der Waals surface area contributed by atoms with Crippen molar-refractivity contribution in [3.63, 3.8) is 0 Å². The molecule has 0 aromatic carbocycles. The number of aliphatic hydroxyl groups is 5. The summed E-state index contributed by atoms with van der Waals surface area (Å²) in [5.41, 5.74) is 0.0551. The molecule has 8 heteroatoms. The van der Waals surface area contributed by atoms with Crippen molar-refractivity contribution in [3.8, 4) is 6.07 Å². The molecule has 0 radical (unpaired) electrons. The van der Waals surface area contributed by atoms with E-state index in [-0.39, 0.29) is 5.57 Å². The zero-order valence-electron chi connectivity index (χ0n) is 10.1. The van der Waals surface area contributed by atoms with Crippen LogP contribution in [0.2, 0.25) is 0 Å². The molecule has 0 spiro atoms. The molecule has 0 aromatic heterocycles. The molecule has 0 aromatic rings. The number of aliphatic hydroxyl groups excluding tert-OH is 5. The van der Waals surface area contributed by atoms with Crippen LogP contribution in [0.25, 0.3) is 0 Å². The maximum atomic E-state index is 9.68. The molecule has 1 aliphatic rings. The summed E-state index contributed by atoms with van der Waals surface area (Å²) < 4.78 is 10.1. The minimum absolute atomic E-state index is 0.0551. The lowest BCUT2D eigenvalue weighted by molar-refractivity contribution is -0.304. The van der Waals surface area contributed by atoms with Crippen LogP contribution in [0.5, 0.6) is 0 Å². The first kappa shape index (κ1) is 16.0. The number of ether oxygens (including phenoxy) is 2. The third-order valence-corrected chi connectivity index (χ3v) is 2.81. The van der Waals surface area contributed by atoms with E-state index in [0.717, 1.165) is 0 Å². The van der Waals surface area contributed by atoms with E-state index in [2.05, 4.69) is 6.58 Å². The van der Waals surface area contributed by atoms with Crippen LogP contribution in [0.4, 0.5) is 0 Å². The van der Waals surface area contributed by atoms with E-state index in [4.69, 9.17) is 24.9 Å². The van der Waals surface area contributed by atoms with Gasteiger partial charge in [0.15, 0.2) is 12.4 Å². The van der Waals surface area contributed by atoms with Gasteiger partial charge in [-0.2, -0.15) is 5.26 Å². The van der Waals surface area contributed by atoms with E-state index < -0.39 is 50.0 Å². The van der Waals surface area contributed by atoms with Crippen molar-refractivity contribution < 1.29 is 35.0 Å². The van der Waals surface area contributed by atoms with Gasteiger partial charge >= 0.3 is 0 Å². The molecule has 0 unspecified atom stereocenters. The molecular formula is C11H17NO7. The molecule has 5 N–H and O–H groups in total. The van der Waals surface area contributed by atoms with Crippen LogP contribution in [0.1, 0.15) is 0 Å². The number of rotatable bonds is 5. The summed E-state index contributed by atoms with van der Waals surface area (Å²) in [6.07, 6.45) is -8.47. The fraction of sp³-hybridized carbons (Fsp3) is 0.727. The minimum Gasteiger partial charge on any atom is -0.394 e. The first-order chi connectivity index (χ1) is 8.96. The van der Waals surface area contributed by atoms with Crippen molar-refractivity contribution in [1.29, 1.82) is 5.26 Å². The quantitative estimate of drug-likeness (QED) is 0.340. The van der Waals surface area contributed by atoms with Crippen molar-refractivity contribution in [2.45, 2.75) is 36.8 Å². The SMILES string of the molecule is C=C(CO)[C@H](C#N)O[C@@H]1O[C@H](CO)[C@@H](O)[C@H](O)[C@H]1O. The molecule has 1 rings (SSSR count). The Bertz CT molecular complexity index is 353. The summed E-state index contributed by atoms with van der Waals surface area (Å²) in [4.78, 5) is 0. The monoisotopic (exact) mass is 275 g/mol. The van der Waals surface area contributed by atoms with Crippen molar-refractivity contribution >= 4 is 0 Å². The third-order valence-electron chi connectivity index (χ3n) is 2.81. The highest BCUT2D eigenvalue weighted by Gasteiger charge is 2.45. The maximum absolute atomic E-state index is 9.68. The summed E-state index contributed by atoms with van der Waals surface area (Å²) in [7, 11) is 0. The lowest BCUT2D eigenvalue weighted by Gasteiger charge is -2.40. The molecule has 0 bridgehead atoms. The second-order valence-corrected chi connectivity index (χ2v) is 4.16. The van der Waals surface area contributed by atoms with E-state index in [1.54, 1.807) is 6.07 Å². The topological polar surface area (TPSA) is 143 Å². The fourth-order valence-electron chi connectivity index (χ4n) is 1.61. The first-order valence-electron chi connectivity index (χ1n) is 5.60. The average molecular weight is 275 g/mol. The van der Waals surface area contributed by atoms with Crippen molar-refractivity contribution in [3.05, 3.63) is 12.2 Å². The Morgan fingerprint density at radius 1 is 1.26 bits per heavy atom. The molecule has 1 saturated heterocycles. The van der Waals surface area contributed by atoms with Gasteiger partial charge in [-0.25, -0.2) is 0 Å². The molecule has 0 saturated carbocycles. The summed E-state index contributed by atoms with van der Waals surface area (Å²) in [6.45, 7) is 2.33. The average Bonchev–Trinajstić information content (AvgIpc) is 2.43. The largest absolute Gasteiger partial charge is 0.394 e. The number of nitriles is 1. The highest BCUT2D eigenvalue weighted by molar-refractivity contribution is 5.13. The zero-order valence-corrected chi connectivity index (χ0v) is 10.1. The van der Waals surface area contributed by atoms with Gasteiger partial charge in [-0.3, -0.25) is 0 Å². The van der Waals surface area contributed by atoms with Crippen LogP contribution in [0.3, 0.4) is 0 Å². The van der Waals surface area contributed by atoms with Gasteiger partial charge in [0.05, 0.1) is 19.3 Å². The Labute approximate surface area is 109 Å². The van der Waals surface area contributed by atoms with Crippen LogP contribution in [0.15, 0.2) is 12.2 Å². The van der Waals surface area contributed by atoms with Crippen LogP contribution in [-0.4, -0.2) is 75.6 Å². The molecule has 0 aliphatic carbocycles. The Morgan fingerprint density at radius 2 is 1.89 bits per heavy atom. The lowest BCUT2D eigenvalue weighted by Crippen LogP contribution is -2.59. The van der Waals surface area contributed by atoms with E-state index >= 15 is 0 Å². The van der Waals surface area contributed by atoms with Gasteiger partial charge in [0.2, 0.25) is 0 Å². The summed E-state index contributed by atoms with van der Waals surface area (Å²) in [5, 5.41) is 55.4. The molecule has 0 amide bonds. The number of hydrogen-bond donors (Lipinski definition) is 5. The predicted molar refractivity (Wildman–Crippen MR) is 60.5 cm³/mol. The second kappa shape index (κ2) is 6.93. The highest BCUT2D eigenvalue weighted by atomic mass is 16.7. The Morgan fingerprint density at radius 3 is 2.37 bits per heavy atom. The van der Waals surface area contributed by atoms with E-state index in [1.165, 1.54) is 0 Å². The number of nitrogens with zero attached hydrogens (tertiary/aromatic N) is 1. The van der Waals surface area contributed by atoms with Crippen LogP contribution < -0.4 is 0 Å². The standard InChI is InChI=1S/C11H17NO7/c1-5(3-13)6(2-12)18-11-10(17)9(16)8(15)7(4-14)19-11/h6-11,13-17H,1,3-4H2/t6-,7+,8+,9-,10+,11+/m0/s1. The van der Waals surface area contributed by atoms with Gasteiger partial charge in [0.1, 0.15) is 24.4 Å². The summed E-state index contributed by atoms with van der Waals surface area (Å²) in [5.74, 6) is 0. The van der Waals surface area contributed by atoms with Gasteiger partial charge in [-0.1, -0.05) is 6.58 Å². The first-order valence-corrected chi connectivity index (χ1v) is 5.60.